The highest BCUT2D eigenvalue weighted by Crippen LogP contribution is 2.23. The largest absolute Gasteiger partial charge is 0.430 e. The molecule has 0 aliphatic rings. The van der Waals surface area contributed by atoms with Gasteiger partial charge in [0.2, 0.25) is 0 Å². The maximum absolute atomic E-state index is 10.4. The molecule has 1 nitrogen and oxygen atoms in total. The zero-order valence-corrected chi connectivity index (χ0v) is 5.40. The normalized spacial score (nSPS) is 10.9. The van der Waals surface area contributed by atoms with Crippen molar-refractivity contribution in [3.63, 3.8) is 0 Å². The summed E-state index contributed by atoms with van der Waals surface area (Å²) in [5.74, 6) is 0. The lowest BCUT2D eigenvalue weighted by molar-refractivity contribution is 0.589. The fourth-order valence-electron chi connectivity index (χ4n) is 0.149. The third-order valence-electron chi connectivity index (χ3n) is 0.596. The van der Waals surface area contributed by atoms with Gasteiger partial charge in [-0.3, -0.25) is 0 Å². The molecule has 0 rings (SSSR count). The minimum atomic E-state index is -1.36. The van der Waals surface area contributed by atoms with Gasteiger partial charge in [-0.2, -0.15) is 0 Å². The monoisotopic (exact) mass is 115 g/mol. The standard InChI is InChI=1S/C5H8OP/c1-4-7(6)5(2)3/h1,5H,2-3H3/q+1. The van der Waals surface area contributed by atoms with E-state index in [1.807, 2.05) is 13.8 Å². The molecule has 0 spiro atoms. The van der Waals surface area contributed by atoms with Crippen molar-refractivity contribution in [1.82, 2.24) is 0 Å². The molecule has 0 N–H and O–H groups in total. The molecule has 0 saturated heterocycles. The van der Waals surface area contributed by atoms with Crippen molar-refractivity contribution in [2.24, 2.45) is 0 Å². The van der Waals surface area contributed by atoms with Gasteiger partial charge in [0.15, 0.2) is 11.3 Å². The summed E-state index contributed by atoms with van der Waals surface area (Å²) < 4.78 is 10.4. The first-order valence-corrected chi connectivity index (χ1v) is 3.44. The molecule has 0 radical (unpaired) electrons. The van der Waals surface area contributed by atoms with Crippen LogP contribution in [0.15, 0.2) is 0 Å². The molecule has 0 fully saturated rings. The van der Waals surface area contributed by atoms with Crippen molar-refractivity contribution >= 4 is 7.80 Å². The fourth-order valence-corrected chi connectivity index (χ4v) is 0.447. The van der Waals surface area contributed by atoms with Crippen molar-refractivity contribution in [2.75, 3.05) is 0 Å². The Hall–Kier alpha value is -0.340. The van der Waals surface area contributed by atoms with Crippen LogP contribution < -0.4 is 0 Å². The van der Waals surface area contributed by atoms with E-state index >= 15 is 0 Å². The van der Waals surface area contributed by atoms with Crippen molar-refractivity contribution in [3.8, 4) is 12.1 Å². The molecule has 0 heterocycles. The van der Waals surface area contributed by atoms with Crippen LogP contribution in [-0.4, -0.2) is 5.66 Å². The number of terminal acetylenes is 1. The van der Waals surface area contributed by atoms with E-state index in [2.05, 4.69) is 5.66 Å². The van der Waals surface area contributed by atoms with Gasteiger partial charge in [0.25, 0.3) is 0 Å². The summed E-state index contributed by atoms with van der Waals surface area (Å²) in [6.07, 6.45) is 4.84. The van der Waals surface area contributed by atoms with Crippen LogP contribution in [-0.2, 0) is 4.57 Å². The summed E-state index contributed by atoms with van der Waals surface area (Å²) in [7, 11) is -1.36. The molecule has 7 heavy (non-hydrogen) atoms. The van der Waals surface area contributed by atoms with Crippen molar-refractivity contribution in [1.29, 1.82) is 0 Å². The molecular formula is C5H8OP+. The van der Waals surface area contributed by atoms with E-state index in [9.17, 15) is 4.57 Å². The van der Waals surface area contributed by atoms with E-state index in [-0.39, 0.29) is 5.66 Å². The molecule has 38 valence electrons. The molecule has 2 heteroatoms. The molecule has 0 saturated carbocycles. The number of hydrogen-bond donors (Lipinski definition) is 0. The third kappa shape index (κ3) is 2.37. The molecule has 0 aliphatic carbocycles. The second-order valence-electron chi connectivity index (χ2n) is 1.55. The lowest BCUT2D eigenvalue weighted by atomic mass is 10.6. The Kier molecular flexibility index (Phi) is 2.64. The van der Waals surface area contributed by atoms with Gasteiger partial charge >= 0.3 is 7.80 Å². The highest BCUT2D eigenvalue weighted by Gasteiger charge is 2.15. The Morgan fingerprint density at radius 1 is 1.71 bits per heavy atom. The summed E-state index contributed by atoms with van der Waals surface area (Å²) in [5, 5.41) is 0. The smallest absolute Gasteiger partial charge is 0.0651 e. The average Bonchev–Trinajstić information content (AvgIpc) is 1.65. The van der Waals surface area contributed by atoms with Crippen molar-refractivity contribution in [2.45, 2.75) is 19.5 Å². The molecule has 1 atom stereocenters. The van der Waals surface area contributed by atoms with Crippen LogP contribution in [0.4, 0.5) is 0 Å². The molecule has 0 aromatic rings. The van der Waals surface area contributed by atoms with Gasteiger partial charge in [-0.25, -0.2) is 0 Å². The Bertz CT molecular complexity index is 110. The van der Waals surface area contributed by atoms with Gasteiger partial charge in [0, 0.05) is 0 Å². The summed E-state index contributed by atoms with van der Waals surface area (Å²) in [5.41, 5.74) is 2.31. The first kappa shape index (κ1) is 6.66. The molecule has 0 amide bonds. The molecular weight excluding hydrogens is 107 g/mol. The van der Waals surface area contributed by atoms with Crippen LogP contribution in [0.2, 0.25) is 0 Å². The molecule has 0 aliphatic heterocycles. The summed E-state index contributed by atoms with van der Waals surface area (Å²) in [4.78, 5) is 0. The third-order valence-corrected chi connectivity index (χ3v) is 1.79. The Labute approximate surface area is 44.9 Å². The van der Waals surface area contributed by atoms with E-state index in [0.717, 1.165) is 0 Å². The van der Waals surface area contributed by atoms with E-state index in [0.29, 0.717) is 0 Å². The van der Waals surface area contributed by atoms with Crippen molar-refractivity contribution in [3.05, 3.63) is 0 Å². The highest BCUT2D eigenvalue weighted by atomic mass is 31.1. The van der Waals surface area contributed by atoms with Gasteiger partial charge in [-0.15, -0.1) is 0 Å². The number of rotatable bonds is 1. The Balaban J connectivity index is 3.64. The Morgan fingerprint density at radius 3 is 2.14 bits per heavy atom. The summed E-state index contributed by atoms with van der Waals surface area (Å²) >= 11 is 0. The Morgan fingerprint density at radius 2 is 2.14 bits per heavy atom. The van der Waals surface area contributed by atoms with Gasteiger partial charge in [-0.1, -0.05) is 11.0 Å². The van der Waals surface area contributed by atoms with E-state index in [1.165, 1.54) is 0 Å². The van der Waals surface area contributed by atoms with Crippen LogP contribution in [0, 0.1) is 12.1 Å². The van der Waals surface area contributed by atoms with Crippen LogP contribution in [0.25, 0.3) is 0 Å². The SMILES string of the molecule is C#C[P+](=O)C(C)C. The average molecular weight is 115 g/mol. The van der Waals surface area contributed by atoms with Crippen LogP contribution in [0.3, 0.4) is 0 Å². The van der Waals surface area contributed by atoms with Gasteiger partial charge in [-0.05, 0) is 13.8 Å². The second kappa shape index (κ2) is 2.77. The lowest BCUT2D eigenvalue weighted by Gasteiger charge is -1.75. The van der Waals surface area contributed by atoms with E-state index < -0.39 is 7.80 Å². The summed E-state index contributed by atoms with van der Waals surface area (Å²) in [6, 6.07) is 0. The van der Waals surface area contributed by atoms with Crippen LogP contribution >= 0.6 is 7.80 Å². The quantitative estimate of drug-likeness (QED) is 0.376. The molecule has 1 unspecified atom stereocenters. The van der Waals surface area contributed by atoms with Crippen molar-refractivity contribution < 1.29 is 4.57 Å². The van der Waals surface area contributed by atoms with Crippen LogP contribution in [0.1, 0.15) is 13.8 Å². The lowest BCUT2D eigenvalue weighted by Crippen LogP contribution is -1.80. The summed E-state index contributed by atoms with van der Waals surface area (Å²) in [6.45, 7) is 3.69. The fraction of sp³-hybridized carbons (Fsp3) is 0.600. The number of hydrogen-bond acceptors (Lipinski definition) is 1. The maximum Gasteiger partial charge on any atom is 0.430 e. The van der Waals surface area contributed by atoms with E-state index in [1.54, 1.807) is 0 Å². The predicted molar refractivity (Wildman–Crippen MR) is 31.6 cm³/mol. The molecule has 0 bridgehead atoms. The zero-order chi connectivity index (χ0) is 5.86. The highest BCUT2D eigenvalue weighted by molar-refractivity contribution is 7.51. The van der Waals surface area contributed by atoms with E-state index in [4.69, 9.17) is 6.42 Å². The predicted octanol–water partition coefficient (Wildman–Crippen LogP) is 1.81. The second-order valence-corrected chi connectivity index (χ2v) is 3.49. The topological polar surface area (TPSA) is 17.1 Å². The first-order chi connectivity index (χ1) is 3.18. The van der Waals surface area contributed by atoms with Gasteiger partial charge < -0.3 is 0 Å². The van der Waals surface area contributed by atoms with Crippen LogP contribution in [0.5, 0.6) is 0 Å². The van der Waals surface area contributed by atoms with Gasteiger partial charge in [0.1, 0.15) is 0 Å². The first-order valence-electron chi connectivity index (χ1n) is 2.11. The zero-order valence-electron chi connectivity index (χ0n) is 4.51. The molecule has 0 aromatic carbocycles. The maximum atomic E-state index is 10.4. The minimum Gasteiger partial charge on any atom is -0.0651 e. The minimum absolute atomic E-state index is 0.139. The molecule has 0 aromatic heterocycles. The van der Waals surface area contributed by atoms with Gasteiger partial charge in [0.05, 0.1) is 0 Å².